The molecule has 6 nitrogen and oxygen atoms in total. The second-order valence-corrected chi connectivity index (χ2v) is 5.44. The van der Waals surface area contributed by atoms with E-state index < -0.39 is 0 Å². The topological polar surface area (TPSA) is 76.0 Å². The summed E-state index contributed by atoms with van der Waals surface area (Å²) in [6, 6.07) is -0.372. The molecule has 1 saturated heterocycles. The molecule has 0 spiro atoms. The maximum Gasteiger partial charge on any atom is 0.242 e. The van der Waals surface area contributed by atoms with E-state index in [0.717, 1.165) is 18.7 Å². The molecule has 2 heterocycles. The van der Waals surface area contributed by atoms with E-state index in [4.69, 9.17) is 0 Å². The van der Waals surface area contributed by atoms with Crippen LogP contribution in [0.4, 0.5) is 0 Å². The molecule has 110 valence electrons. The van der Waals surface area contributed by atoms with Crippen LogP contribution in [0.5, 0.6) is 0 Å². The van der Waals surface area contributed by atoms with Gasteiger partial charge in [-0.25, -0.2) is 4.98 Å². The van der Waals surface area contributed by atoms with E-state index in [1.807, 2.05) is 10.8 Å². The molecule has 0 radical (unpaired) electrons. The molecule has 1 aromatic rings. The van der Waals surface area contributed by atoms with Crippen molar-refractivity contribution in [3.05, 3.63) is 18.2 Å². The molecule has 0 aromatic carbocycles. The predicted octanol–water partition coefficient (Wildman–Crippen LogP) is 0.791. The Balaban J connectivity index is 1.83. The molecule has 6 heteroatoms. The first-order valence-electron chi connectivity index (χ1n) is 7.16. The number of aryl methyl sites for hydroxylation is 1. The molecular weight excluding hydrogens is 256 g/mol. The maximum absolute atomic E-state index is 11.9. The number of imidazole rings is 1. The molecule has 0 unspecified atom stereocenters. The van der Waals surface area contributed by atoms with Crippen LogP contribution >= 0.6 is 0 Å². The highest BCUT2D eigenvalue weighted by atomic mass is 16.2. The fraction of sp³-hybridized carbons (Fsp3) is 0.643. The van der Waals surface area contributed by atoms with Crippen LogP contribution in [-0.4, -0.2) is 34.0 Å². The molecule has 0 bridgehead atoms. The van der Waals surface area contributed by atoms with Crippen molar-refractivity contribution in [1.82, 2.24) is 20.2 Å². The summed E-state index contributed by atoms with van der Waals surface area (Å²) in [5, 5.41) is 5.56. The molecule has 1 atom stereocenters. The highest BCUT2D eigenvalue weighted by Gasteiger charge is 2.23. The summed E-state index contributed by atoms with van der Waals surface area (Å²) in [7, 11) is 0. The monoisotopic (exact) mass is 278 g/mol. The summed E-state index contributed by atoms with van der Waals surface area (Å²) in [5.74, 6) is 1.15. The minimum atomic E-state index is -0.372. The van der Waals surface area contributed by atoms with Gasteiger partial charge in [0.15, 0.2) is 0 Å². The first-order chi connectivity index (χ1) is 9.58. The lowest BCUT2D eigenvalue weighted by Gasteiger charge is -2.22. The van der Waals surface area contributed by atoms with Gasteiger partial charge < -0.3 is 15.2 Å². The first-order valence-corrected chi connectivity index (χ1v) is 7.16. The normalized spacial score (nSPS) is 18.9. The summed E-state index contributed by atoms with van der Waals surface area (Å²) in [6.45, 7) is 5.45. The van der Waals surface area contributed by atoms with Crippen LogP contribution in [0.1, 0.15) is 44.9 Å². The molecule has 1 aromatic heterocycles. The van der Waals surface area contributed by atoms with Gasteiger partial charge in [-0.3, -0.25) is 9.59 Å². The third-order valence-corrected chi connectivity index (χ3v) is 3.46. The van der Waals surface area contributed by atoms with Gasteiger partial charge in [0.2, 0.25) is 11.8 Å². The van der Waals surface area contributed by atoms with Crippen LogP contribution in [0, 0.1) is 0 Å². The molecule has 2 amide bonds. The third-order valence-electron chi connectivity index (χ3n) is 3.46. The maximum atomic E-state index is 11.9. The number of nitrogens with one attached hydrogen (secondary N) is 2. The minimum absolute atomic E-state index is 0.0740. The fourth-order valence-electron chi connectivity index (χ4n) is 2.41. The van der Waals surface area contributed by atoms with E-state index in [1.54, 1.807) is 6.20 Å². The Kier molecular flexibility index (Phi) is 4.76. The first kappa shape index (κ1) is 14.6. The van der Waals surface area contributed by atoms with Crippen LogP contribution in [0.25, 0.3) is 0 Å². The number of aromatic nitrogens is 2. The molecule has 2 rings (SSSR count). The van der Waals surface area contributed by atoms with E-state index in [0.29, 0.717) is 25.4 Å². The zero-order valence-electron chi connectivity index (χ0n) is 12.1. The standard InChI is InChI=1S/C14H22N4O2/c1-10(2)13-15-7-9-18(13)8-5-12(19)17-11-4-3-6-16-14(11)20/h7,9-11H,3-6,8H2,1-2H3,(H,16,20)(H,17,19)/t11-/m0/s1. The van der Waals surface area contributed by atoms with Crippen LogP contribution in [0.3, 0.4) is 0 Å². The lowest BCUT2D eigenvalue weighted by atomic mass is 10.1. The Morgan fingerprint density at radius 2 is 2.40 bits per heavy atom. The van der Waals surface area contributed by atoms with Crippen LogP contribution < -0.4 is 10.6 Å². The van der Waals surface area contributed by atoms with Crippen molar-refractivity contribution in [3.63, 3.8) is 0 Å². The lowest BCUT2D eigenvalue weighted by molar-refractivity contribution is -0.130. The lowest BCUT2D eigenvalue weighted by Crippen LogP contribution is -2.50. The quantitative estimate of drug-likeness (QED) is 0.836. The van der Waals surface area contributed by atoms with E-state index in [2.05, 4.69) is 29.5 Å². The highest BCUT2D eigenvalue weighted by Crippen LogP contribution is 2.12. The zero-order valence-corrected chi connectivity index (χ0v) is 12.1. The van der Waals surface area contributed by atoms with Crippen molar-refractivity contribution in [2.45, 2.75) is 51.6 Å². The van der Waals surface area contributed by atoms with E-state index in [1.165, 1.54) is 0 Å². The number of nitrogens with zero attached hydrogens (tertiary/aromatic N) is 2. The number of carbonyl (C=O) groups is 2. The molecule has 1 aliphatic rings. The third kappa shape index (κ3) is 3.59. The van der Waals surface area contributed by atoms with Crippen molar-refractivity contribution in [3.8, 4) is 0 Å². The van der Waals surface area contributed by atoms with Gasteiger partial charge in [-0.15, -0.1) is 0 Å². The molecular formula is C14H22N4O2. The van der Waals surface area contributed by atoms with Gasteiger partial charge in [-0.1, -0.05) is 13.8 Å². The van der Waals surface area contributed by atoms with Crippen molar-refractivity contribution in [2.24, 2.45) is 0 Å². The smallest absolute Gasteiger partial charge is 0.242 e. The minimum Gasteiger partial charge on any atom is -0.354 e. The molecule has 1 aliphatic heterocycles. The van der Waals surface area contributed by atoms with Crippen molar-refractivity contribution in [2.75, 3.05) is 6.54 Å². The number of hydrogen-bond donors (Lipinski definition) is 2. The van der Waals surface area contributed by atoms with Gasteiger partial charge in [0, 0.05) is 37.8 Å². The van der Waals surface area contributed by atoms with Gasteiger partial charge in [-0.2, -0.15) is 0 Å². The Labute approximate surface area is 119 Å². The summed E-state index contributed by atoms with van der Waals surface area (Å²) < 4.78 is 1.99. The van der Waals surface area contributed by atoms with Crippen LogP contribution in [-0.2, 0) is 16.1 Å². The van der Waals surface area contributed by atoms with Crippen molar-refractivity contribution >= 4 is 11.8 Å². The number of rotatable bonds is 5. The summed E-state index contributed by atoms with van der Waals surface area (Å²) >= 11 is 0. The second-order valence-electron chi connectivity index (χ2n) is 5.44. The van der Waals surface area contributed by atoms with E-state index >= 15 is 0 Å². The Bertz CT molecular complexity index is 481. The largest absolute Gasteiger partial charge is 0.354 e. The predicted molar refractivity (Wildman–Crippen MR) is 75.1 cm³/mol. The summed E-state index contributed by atoms with van der Waals surface area (Å²) in [5.41, 5.74) is 0. The average Bonchev–Trinajstić information content (AvgIpc) is 2.88. The van der Waals surface area contributed by atoms with Gasteiger partial charge in [0.1, 0.15) is 11.9 Å². The fourth-order valence-corrected chi connectivity index (χ4v) is 2.41. The molecule has 2 N–H and O–H groups in total. The van der Waals surface area contributed by atoms with Crippen LogP contribution in [0.15, 0.2) is 12.4 Å². The number of piperidine rings is 1. The van der Waals surface area contributed by atoms with Gasteiger partial charge in [0.05, 0.1) is 0 Å². The van der Waals surface area contributed by atoms with Gasteiger partial charge in [-0.05, 0) is 12.8 Å². The van der Waals surface area contributed by atoms with Gasteiger partial charge >= 0.3 is 0 Å². The molecule has 1 fully saturated rings. The molecule has 20 heavy (non-hydrogen) atoms. The SMILES string of the molecule is CC(C)c1nccn1CCC(=O)N[C@H]1CCCNC1=O. The molecule has 0 saturated carbocycles. The Morgan fingerprint density at radius 3 is 3.10 bits per heavy atom. The Morgan fingerprint density at radius 1 is 1.60 bits per heavy atom. The van der Waals surface area contributed by atoms with E-state index in [-0.39, 0.29) is 17.9 Å². The highest BCUT2D eigenvalue weighted by molar-refractivity contribution is 5.87. The zero-order chi connectivity index (χ0) is 14.5. The average molecular weight is 278 g/mol. The molecule has 0 aliphatic carbocycles. The second kappa shape index (κ2) is 6.54. The number of carbonyl (C=O) groups excluding carboxylic acids is 2. The Hall–Kier alpha value is -1.85. The van der Waals surface area contributed by atoms with Gasteiger partial charge in [0.25, 0.3) is 0 Å². The van der Waals surface area contributed by atoms with Crippen molar-refractivity contribution < 1.29 is 9.59 Å². The van der Waals surface area contributed by atoms with E-state index in [9.17, 15) is 9.59 Å². The number of hydrogen-bond acceptors (Lipinski definition) is 3. The van der Waals surface area contributed by atoms with Crippen molar-refractivity contribution in [1.29, 1.82) is 0 Å². The summed E-state index contributed by atoms with van der Waals surface area (Å²) in [6.07, 6.45) is 5.63. The van der Waals surface area contributed by atoms with Crippen LogP contribution in [0.2, 0.25) is 0 Å². The number of amides is 2. The summed E-state index contributed by atoms with van der Waals surface area (Å²) in [4.78, 5) is 27.8.